The average molecular weight is 455 g/mol. The monoisotopic (exact) mass is 455 g/mol. The maximum absolute atomic E-state index is 12.4. The van der Waals surface area contributed by atoms with Gasteiger partial charge < -0.3 is 14.6 Å². The van der Waals surface area contributed by atoms with Gasteiger partial charge in [0, 0.05) is 10.6 Å². The van der Waals surface area contributed by atoms with E-state index in [1.807, 2.05) is 19.9 Å². The molecule has 1 aromatic heterocycles. The van der Waals surface area contributed by atoms with Gasteiger partial charge in [-0.05, 0) is 61.9 Å². The highest BCUT2D eigenvalue weighted by Gasteiger charge is 2.12. The van der Waals surface area contributed by atoms with Crippen molar-refractivity contribution in [3.63, 3.8) is 0 Å². The molecular formula is C23H19F2N3O3S. The quantitative estimate of drug-likeness (QED) is 0.265. The Labute approximate surface area is 187 Å². The molecule has 2 aromatic carbocycles. The number of carbonyl (C=O) groups excluding carboxylic acids is 1. The summed E-state index contributed by atoms with van der Waals surface area (Å²) in [6.07, 6.45) is 1.45. The minimum Gasteiger partial charge on any atom is -0.489 e. The van der Waals surface area contributed by atoms with Gasteiger partial charge in [0.1, 0.15) is 29.8 Å². The average Bonchev–Trinajstić information content (AvgIpc) is 3.09. The Morgan fingerprint density at radius 1 is 1.22 bits per heavy atom. The summed E-state index contributed by atoms with van der Waals surface area (Å²) in [5, 5.41) is 15.8. The van der Waals surface area contributed by atoms with Crippen LogP contribution in [0.4, 0.5) is 14.5 Å². The number of anilines is 1. The van der Waals surface area contributed by atoms with Crippen LogP contribution < -0.4 is 10.1 Å². The molecule has 0 bridgehead atoms. The molecule has 3 rings (SSSR count). The molecule has 0 saturated carbocycles. The largest absolute Gasteiger partial charge is 0.489 e. The van der Waals surface area contributed by atoms with Gasteiger partial charge in [0.25, 0.3) is 11.7 Å². The molecule has 3 aromatic rings. The van der Waals surface area contributed by atoms with Gasteiger partial charge in [0.15, 0.2) is 0 Å². The van der Waals surface area contributed by atoms with E-state index in [9.17, 15) is 18.8 Å². The summed E-state index contributed by atoms with van der Waals surface area (Å²) in [7, 11) is 0. The van der Waals surface area contributed by atoms with Gasteiger partial charge in [-0.25, -0.2) is 0 Å². The van der Waals surface area contributed by atoms with E-state index in [0.29, 0.717) is 46.0 Å². The third-order valence-corrected chi connectivity index (χ3v) is 5.18. The first kappa shape index (κ1) is 23.0. The molecule has 0 atom stereocenters. The summed E-state index contributed by atoms with van der Waals surface area (Å²) < 4.78 is 35.6. The minimum absolute atomic E-state index is 0.0968. The van der Waals surface area contributed by atoms with Crippen LogP contribution >= 0.6 is 11.8 Å². The first-order valence-electron chi connectivity index (χ1n) is 9.48. The van der Waals surface area contributed by atoms with Crippen LogP contribution in [0.1, 0.15) is 22.6 Å². The molecule has 164 valence electrons. The molecule has 0 saturated heterocycles. The number of aromatic nitrogens is 1. The number of alkyl halides is 2. The molecule has 9 heteroatoms. The highest BCUT2D eigenvalue weighted by atomic mass is 32.2. The standard InChI is InChI=1S/C23H19F2N3O3S/c1-14-21(15(2)31-28-14)13-30-19-7-3-16(4-8-19)11-17(12-26)22(29)27-18-5-9-20(10-6-18)32-23(24)25/h3-11,23H,13H2,1-2H3,(H,27,29)/b17-11+. The van der Waals surface area contributed by atoms with E-state index in [-0.39, 0.29) is 5.57 Å². The number of nitriles is 1. The van der Waals surface area contributed by atoms with Crippen LogP contribution in [0.5, 0.6) is 5.75 Å². The van der Waals surface area contributed by atoms with Gasteiger partial charge >= 0.3 is 0 Å². The van der Waals surface area contributed by atoms with E-state index in [2.05, 4.69) is 10.5 Å². The second kappa shape index (κ2) is 10.6. The number of carbonyl (C=O) groups is 1. The number of nitrogens with zero attached hydrogens (tertiary/aromatic N) is 2. The SMILES string of the molecule is Cc1noc(C)c1COc1ccc(/C=C(\C#N)C(=O)Nc2ccc(SC(F)F)cc2)cc1. The number of hydrogen-bond donors (Lipinski definition) is 1. The molecule has 1 heterocycles. The van der Waals surface area contributed by atoms with E-state index in [1.54, 1.807) is 24.3 Å². The number of hydrogen-bond acceptors (Lipinski definition) is 6. The fourth-order valence-corrected chi connectivity index (χ4v) is 3.26. The van der Waals surface area contributed by atoms with Crippen molar-refractivity contribution >= 4 is 29.4 Å². The van der Waals surface area contributed by atoms with Crippen molar-refractivity contribution in [2.45, 2.75) is 31.1 Å². The zero-order chi connectivity index (χ0) is 23.1. The smallest absolute Gasteiger partial charge is 0.288 e. The van der Waals surface area contributed by atoms with Crippen LogP contribution in [0.3, 0.4) is 0 Å². The molecule has 0 fully saturated rings. The first-order valence-corrected chi connectivity index (χ1v) is 10.4. The third-order valence-electron chi connectivity index (χ3n) is 4.46. The summed E-state index contributed by atoms with van der Waals surface area (Å²) >= 11 is 0.416. The predicted octanol–water partition coefficient (Wildman–Crippen LogP) is 5.73. The van der Waals surface area contributed by atoms with E-state index in [0.717, 1.165) is 11.3 Å². The van der Waals surface area contributed by atoms with E-state index >= 15 is 0 Å². The minimum atomic E-state index is -2.52. The molecule has 6 nitrogen and oxygen atoms in total. The van der Waals surface area contributed by atoms with E-state index in [4.69, 9.17) is 9.26 Å². The molecule has 32 heavy (non-hydrogen) atoms. The lowest BCUT2D eigenvalue weighted by Crippen LogP contribution is -2.13. The number of thioether (sulfide) groups is 1. The van der Waals surface area contributed by atoms with Crippen molar-refractivity contribution in [3.05, 3.63) is 76.7 Å². The van der Waals surface area contributed by atoms with E-state index in [1.165, 1.54) is 30.3 Å². The van der Waals surface area contributed by atoms with Crippen molar-refractivity contribution < 1.29 is 22.8 Å². The van der Waals surface area contributed by atoms with Crippen molar-refractivity contribution in [3.8, 4) is 11.8 Å². The number of rotatable bonds is 8. The Bertz CT molecular complexity index is 1130. The maximum Gasteiger partial charge on any atom is 0.288 e. The highest BCUT2D eigenvalue weighted by Crippen LogP contribution is 2.26. The summed E-state index contributed by atoms with van der Waals surface area (Å²) in [6, 6.07) is 14.7. The molecular weight excluding hydrogens is 436 g/mol. The van der Waals surface area contributed by atoms with Crippen molar-refractivity contribution in [1.82, 2.24) is 5.16 Å². The molecule has 0 spiro atoms. The molecule has 0 radical (unpaired) electrons. The summed E-state index contributed by atoms with van der Waals surface area (Å²) in [6.45, 7) is 3.98. The molecule has 0 aliphatic heterocycles. The molecule has 0 unspecified atom stereocenters. The van der Waals surface area contributed by atoms with Gasteiger partial charge in [-0.2, -0.15) is 14.0 Å². The summed E-state index contributed by atoms with van der Waals surface area (Å²) in [5.41, 5.74) is 2.61. The third kappa shape index (κ3) is 6.18. The number of nitrogens with one attached hydrogen (secondary N) is 1. The lowest BCUT2D eigenvalue weighted by atomic mass is 10.1. The van der Waals surface area contributed by atoms with Crippen LogP contribution in [0.25, 0.3) is 6.08 Å². The van der Waals surface area contributed by atoms with Crippen LogP contribution in [0.15, 0.2) is 63.5 Å². The topological polar surface area (TPSA) is 88.2 Å². The van der Waals surface area contributed by atoms with Gasteiger partial charge in [-0.15, -0.1) is 0 Å². The maximum atomic E-state index is 12.4. The number of amides is 1. The predicted molar refractivity (Wildman–Crippen MR) is 117 cm³/mol. The fourth-order valence-electron chi connectivity index (χ4n) is 2.76. The Morgan fingerprint density at radius 3 is 2.47 bits per heavy atom. The fraction of sp³-hybridized carbons (Fsp3) is 0.174. The molecule has 1 N–H and O–H groups in total. The lowest BCUT2D eigenvalue weighted by Gasteiger charge is -2.07. The lowest BCUT2D eigenvalue weighted by molar-refractivity contribution is -0.112. The van der Waals surface area contributed by atoms with Gasteiger partial charge in [0.2, 0.25) is 0 Å². The molecule has 0 aliphatic rings. The first-order chi connectivity index (χ1) is 15.4. The van der Waals surface area contributed by atoms with Crippen LogP contribution in [-0.2, 0) is 11.4 Å². The van der Waals surface area contributed by atoms with Gasteiger partial charge in [0.05, 0.1) is 11.3 Å². The van der Waals surface area contributed by atoms with Crippen LogP contribution in [0.2, 0.25) is 0 Å². The number of benzene rings is 2. The molecule has 1 amide bonds. The summed E-state index contributed by atoms with van der Waals surface area (Å²) in [4.78, 5) is 12.8. The normalized spacial score (nSPS) is 11.3. The zero-order valence-electron chi connectivity index (χ0n) is 17.3. The van der Waals surface area contributed by atoms with Gasteiger partial charge in [-0.1, -0.05) is 29.1 Å². The van der Waals surface area contributed by atoms with Crippen molar-refractivity contribution in [2.24, 2.45) is 0 Å². The number of ether oxygens (including phenoxy) is 1. The summed E-state index contributed by atoms with van der Waals surface area (Å²) in [5.74, 6) is -1.79. The second-order valence-corrected chi connectivity index (χ2v) is 7.75. The van der Waals surface area contributed by atoms with Crippen LogP contribution in [-0.4, -0.2) is 16.8 Å². The number of aryl methyl sites for hydroxylation is 2. The Balaban J connectivity index is 1.62. The zero-order valence-corrected chi connectivity index (χ0v) is 18.1. The van der Waals surface area contributed by atoms with Crippen molar-refractivity contribution in [1.29, 1.82) is 5.26 Å². The van der Waals surface area contributed by atoms with Crippen molar-refractivity contribution in [2.75, 3.05) is 5.32 Å². The van der Waals surface area contributed by atoms with E-state index < -0.39 is 11.7 Å². The Hall–Kier alpha value is -3.64. The van der Waals surface area contributed by atoms with Gasteiger partial charge in [-0.3, -0.25) is 4.79 Å². The Morgan fingerprint density at radius 2 is 1.91 bits per heavy atom. The van der Waals surface area contributed by atoms with Crippen LogP contribution in [0, 0.1) is 25.2 Å². The molecule has 0 aliphatic carbocycles. The Kier molecular flexibility index (Phi) is 7.63. The number of halogens is 2. The second-order valence-electron chi connectivity index (χ2n) is 6.69. The highest BCUT2D eigenvalue weighted by molar-refractivity contribution is 7.99.